The van der Waals surface area contributed by atoms with Gasteiger partial charge in [-0.25, -0.2) is 4.68 Å². The maximum atomic E-state index is 8.78. The first-order chi connectivity index (χ1) is 7.33. The van der Waals surface area contributed by atoms with Gasteiger partial charge >= 0.3 is 0 Å². The fraction of sp³-hybridized carbons (Fsp3) is 0.222. The highest BCUT2D eigenvalue weighted by molar-refractivity contribution is 5.69. The molecule has 2 rings (SSSR count). The Labute approximate surface area is 86.4 Å². The zero-order valence-corrected chi connectivity index (χ0v) is 8.04. The summed E-state index contributed by atoms with van der Waals surface area (Å²) in [7, 11) is 0. The Bertz CT molecular complexity index is 439. The van der Waals surface area contributed by atoms with E-state index in [0.717, 1.165) is 5.56 Å². The van der Waals surface area contributed by atoms with Gasteiger partial charge < -0.3 is 10.8 Å². The van der Waals surface area contributed by atoms with Gasteiger partial charge in [-0.1, -0.05) is 0 Å². The molecule has 0 fully saturated rings. The Kier molecular flexibility index (Phi) is 2.59. The molecule has 0 saturated carbocycles. The Hall–Kier alpha value is -1.95. The van der Waals surface area contributed by atoms with Crippen LogP contribution in [-0.4, -0.2) is 31.5 Å². The van der Waals surface area contributed by atoms with Crippen LogP contribution in [0.4, 0.5) is 5.82 Å². The van der Waals surface area contributed by atoms with Crippen molar-refractivity contribution in [2.75, 3.05) is 12.3 Å². The van der Waals surface area contributed by atoms with E-state index in [1.807, 2.05) is 0 Å². The van der Waals surface area contributed by atoms with Crippen LogP contribution in [-0.2, 0) is 6.54 Å². The highest BCUT2D eigenvalue weighted by Crippen LogP contribution is 2.22. The first kappa shape index (κ1) is 9.60. The van der Waals surface area contributed by atoms with E-state index in [1.165, 1.54) is 4.68 Å². The molecule has 3 N–H and O–H groups in total. The molecule has 2 aromatic heterocycles. The lowest BCUT2D eigenvalue weighted by Gasteiger charge is -2.02. The largest absolute Gasteiger partial charge is 0.394 e. The van der Waals surface area contributed by atoms with E-state index in [9.17, 15) is 0 Å². The van der Waals surface area contributed by atoms with Crippen molar-refractivity contribution in [2.45, 2.75) is 6.54 Å². The summed E-state index contributed by atoms with van der Waals surface area (Å²) in [5, 5.41) is 12.8. The molecular weight excluding hydrogens is 194 g/mol. The first-order valence-corrected chi connectivity index (χ1v) is 4.51. The van der Waals surface area contributed by atoms with Gasteiger partial charge in [0, 0.05) is 12.4 Å². The minimum atomic E-state index is 0.00574. The highest BCUT2D eigenvalue weighted by Gasteiger charge is 2.09. The molecular formula is C9H11N5O. The Morgan fingerprint density at radius 3 is 2.87 bits per heavy atom. The zero-order chi connectivity index (χ0) is 10.7. The van der Waals surface area contributed by atoms with Crippen LogP contribution >= 0.6 is 0 Å². The van der Waals surface area contributed by atoms with Crippen LogP contribution in [0.25, 0.3) is 11.3 Å². The summed E-state index contributed by atoms with van der Waals surface area (Å²) < 4.78 is 1.53. The summed E-state index contributed by atoms with van der Waals surface area (Å²) in [6.45, 7) is 0.387. The van der Waals surface area contributed by atoms with Crippen molar-refractivity contribution in [3.8, 4) is 11.3 Å². The number of aromatic nitrogens is 4. The van der Waals surface area contributed by atoms with Crippen molar-refractivity contribution >= 4 is 5.82 Å². The number of aliphatic hydroxyl groups excluding tert-OH is 1. The third-order valence-electron chi connectivity index (χ3n) is 2.03. The predicted molar refractivity (Wildman–Crippen MR) is 54.8 cm³/mol. The zero-order valence-electron chi connectivity index (χ0n) is 8.04. The maximum absolute atomic E-state index is 8.78. The molecule has 0 amide bonds. The highest BCUT2D eigenvalue weighted by atomic mass is 16.3. The van der Waals surface area contributed by atoms with Crippen LogP contribution in [0.3, 0.4) is 0 Å². The standard InChI is InChI=1S/C9H11N5O/c10-9-7(5-13-14(9)3-4-15)8-6-11-1-2-12-8/h1-2,5-6,15H,3-4,10H2. The normalized spacial score (nSPS) is 10.5. The van der Waals surface area contributed by atoms with Crippen molar-refractivity contribution in [1.82, 2.24) is 19.7 Å². The van der Waals surface area contributed by atoms with Gasteiger partial charge in [-0.15, -0.1) is 0 Å². The molecule has 15 heavy (non-hydrogen) atoms. The SMILES string of the molecule is Nc1c(-c2cnccn2)cnn1CCO. The second kappa shape index (κ2) is 4.05. The minimum Gasteiger partial charge on any atom is -0.394 e. The smallest absolute Gasteiger partial charge is 0.131 e. The van der Waals surface area contributed by atoms with Gasteiger partial charge in [0.1, 0.15) is 5.82 Å². The molecule has 0 radical (unpaired) electrons. The van der Waals surface area contributed by atoms with Crippen LogP contribution in [0.2, 0.25) is 0 Å². The number of aliphatic hydroxyl groups is 1. The van der Waals surface area contributed by atoms with Crippen molar-refractivity contribution in [3.05, 3.63) is 24.8 Å². The van der Waals surface area contributed by atoms with Crippen LogP contribution in [0.5, 0.6) is 0 Å². The topological polar surface area (TPSA) is 89.9 Å². The number of hydrogen-bond donors (Lipinski definition) is 2. The molecule has 0 aliphatic carbocycles. The summed E-state index contributed by atoms with van der Waals surface area (Å²) in [5.41, 5.74) is 7.26. The average Bonchev–Trinajstić information content (AvgIpc) is 2.63. The van der Waals surface area contributed by atoms with Gasteiger partial charge in [-0.05, 0) is 0 Å². The van der Waals surface area contributed by atoms with Crippen molar-refractivity contribution < 1.29 is 5.11 Å². The quantitative estimate of drug-likeness (QED) is 0.731. The van der Waals surface area contributed by atoms with Crippen LogP contribution in [0.15, 0.2) is 24.8 Å². The van der Waals surface area contributed by atoms with Gasteiger partial charge in [-0.3, -0.25) is 9.97 Å². The van der Waals surface area contributed by atoms with E-state index >= 15 is 0 Å². The lowest BCUT2D eigenvalue weighted by molar-refractivity contribution is 0.270. The summed E-state index contributed by atoms with van der Waals surface area (Å²) in [6.07, 6.45) is 6.43. The van der Waals surface area contributed by atoms with E-state index in [1.54, 1.807) is 24.8 Å². The molecule has 0 aromatic carbocycles. The third-order valence-corrected chi connectivity index (χ3v) is 2.03. The number of rotatable bonds is 3. The van der Waals surface area contributed by atoms with Crippen LogP contribution in [0.1, 0.15) is 0 Å². The molecule has 6 nitrogen and oxygen atoms in total. The van der Waals surface area contributed by atoms with Gasteiger partial charge in [0.15, 0.2) is 0 Å². The lowest BCUT2D eigenvalue weighted by atomic mass is 10.2. The van der Waals surface area contributed by atoms with Crippen LogP contribution < -0.4 is 5.73 Å². The molecule has 0 unspecified atom stereocenters. The fourth-order valence-electron chi connectivity index (χ4n) is 1.30. The van der Waals surface area contributed by atoms with E-state index in [-0.39, 0.29) is 6.61 Å². The summed E-state index contributed by atoms with van der Waals surface area (Å²) in [4.78, 5) is 8.08. The van der Waals surface area contributed by atoms with Gasteiger partial charge in [0.05, 0.1) is 36.8 Å². The summed E-state index contributed by atoms with van der Waals surface area (Å²) in [6, 6.07) is 0. The predicted octanol–water partition coefficient (Wildman–Crippen LogP) is -0.0854. The molecule has 0 bridgehead atoms. The number of anilines is 1. The van der Waals surface area contributed by atoms with E-state index < -0.39 is 0 Å². The van der Waals surface area contributed by atoms with E-state index in [2.05, 4.69) is 15.1 Å². The maximum Gasteiger partial charge on any atom is 0.131 e. The van der Waals surface area contributed by atoms with Gasteiger partial charge in [0.2, 0.25) is 0 Å². The monoisotopic (exact) mass is 205 g/mol. The lowest BCUT2D eigenvalue weighted by Crippen LogP contribution is -2.07. The fourth-order valence-corrected chi connectivity index (χ4v) is 1.30. The Balaban J connectivity index is 2.38. The molecule has 6 heteroatoms. The molecule has 2 aromatic rings. The number of hydrogen-bond acceptors (Lipinski definition) is 5. The molecule has 0 saturated heterocycles. The number of nitrogen functional groups attached to an aromatic ring is 1. The van der Waals surface area contributed by atoms with Gasteiger partial charge in [-0.2, -0.15) is 5.10 Å². The summed E-state index contributed by atoms with van der Waals surface area (Å²) in [5.74, 6) is 0.490. The molecule has 0 spiro atoms. The Morgan fingerprint density at radius 1 is 1.33 bits per heavy atom. The number of nitrogens with two attached hydrogens (primary N) is 1. The average molecular weight is 205 g/mol. The molecule has 78 valence electrons. The van der Waals surface area contributed by atoms with E-state index in [0.29, 0.717) is 18.1 Å². The molecule has 0 aliphatic heterocycles. The number of nitrogens with zero attached hydrogens (tertiary/aromatic N) is 4. The Morgan fingerprint density at radius 2 is 2.20 bits per heavy atom. The van der Waals surface area contributed by atoms with Gasteiger partial charge in [0.25, 0.3) is 0 Å². The first-order valence-electron chi connectivity index (χ1n) is 4.51. The van der Waals surface area contributed by atoms with Crippen molar-refractivity contribution in [3.63, 3.8) is 0 Å². The van der Waals surface area contributed by atoms with E-state index in [4.69, 9.17) is 10.8 Å². The van der Waals surface area contributed by atoms with Crippen molar-refractivity contribution in [2.24, 2.45) is 0 Å². The second-order valence-electron chi connectivity index (χ2n) is 2.98. The second-order valence-corrected chi connectivity index (χ2v) is 2.98. The van der Waals surface area contributed by atoms with Crippen molar-refractivity contribution in [1.29, 1.82) is 0 Å². The minimum absolute atomic E-state index is 0.00574. The molecule has 2 heterocycles. The molecule has 0 aliphatic rings. The third kappa shape index (κ3) is 1.79. The molecule has 0 atom stereocenters. The van der Waals surface area contributed by atoms with Crippen LogP contribution in [0, 0.1) is 0 Å². The summed E-state index contributed by atoms with van der Waals surface area (Å²) >= 11 is 0.